The minimum Gasteiger partial charge on any atom is -0.486 e. The molecule has 142 valence electrons. The van der Waals surface area contributed by atoms with Gasteiger partial charge in [-0.15, -0.1) is 0 Å². The van der Waals surface area contributed by atoms with E-state index >= 15 is 0 Å². The summed E-state index contributed by atoms with van der Waals surface area (Å²) in [6.45, 7) is 5.14. The fourth-order valence-corrected chi connectivity index (χ4v) is 3.06. The molecule has 6 nitrogen and oxygen atoms in total. The second kappa shape index (κ2) is 7.60. The molecule has 0 aliphatic carbocycles. The van der Waals surface area contributed by atoms with E-state index in [0.29, 0.717) is 36.1 Å². The van der Waals surface area contributed by atoms with Gasteiger partial charge in [-0.3, -0.25) is 9.78 Å². The quantitative estimate of drug-likeness (QED) is 0.704. The van der Waals surface area contributed by atoms with E-state index in [4.69, 9.17) is 9.47 Å². The van der Waals surface area contributed by atoms with Crippen LogP contribution in [0.3, 0.4) is 0 Å². The number of nitrogens with one attached hydrogen (secondary N) is 2. The van der Waals surface area contributed by atoms with Gasteiger partial charge in [0.15, 0.2) is 11.5 Å². The SMILES string of the molecule is Cc1ccc(Nc2ccnc(C(=O)Nc3ccc4c(c3)OCCO4)c2)c(C)c1. The van der Waals surface area contributed by atoms with Gasteiger partial charge >= 0.3 is 0 Å². The lowest BCUT2D eigenvalue weighted by Gasteiger charge is -2.19. The third-order valence-corrected chi connectivity index (χ3v) is 4.45. The highest BCUT2D eigenvalue weighted by Crippen LogP contribution is 2.32. The van der Waals surface area contributed by atoms with Crippen molar-refractivity contribution in [2.75, 3.05) is 23.8 Å². The van der Waals surface area contributed by atoms with Crippen molar-refractivity contribution in [2.45, 2.75) is 13.8 Å². The fraction of sp³-hybridized carbons (Fsp3) is 0.182. The second-order valence-corrected chi connectivity index (χ2v) is 6.69. The summed E-state index contributed by atoms with van der Waals surface area (Å²) in [6.07, 6.45) is 1.62. The lowest BCUT2D eigenvalue weighted by Crippen LogP contribution is -2.17. The van der Waals surface area contributed by atoms with Crippen LogP contribution < -0.4 is 20.1 Å². The molecule has 0 spiro atoms. The van der Waals surface area contributed by atoms with E-state index in [0.717, 1.165) is 16.9 Å². The average Bonchev–Trinajstić information content (AvgIpc) is 2.70. The number of nitrogens with zero attached hydrogens (tertiary/aromatic N) is 1. The maximum Gasteiger partial charge on any atom is 0.274 e. The molecule has 1 aliphatic rings. The molecular formula is C22H21N3O3. The first kappa shape index (κ1) is 17.9. The van der Waals surface area contributed by atoms with Crippen molar-refractivity contribution in [2.24, 2.45) is 0 Å². The molecule has 1 amide bonds. The largest absolute Gasteiger partial charge is 0.486 e. The number of amides is 1. The molecule has 0 saturated heterocycles. The summed E-state index contributed by atoms with van der Waals surface area (Å²) in [5.74, 6) is 1.02. The highest BCUT2D eigenvalue weighted by Gasteiger charge is 2.14. The number of aromatic nitrogens is 1. The summed E-state index contributed by atoms with van der Waals surface area (Å²) < 4.78 is 11.1. The van der Waals surface area contributed by atoms with Gasteiger partial charge in [-0.2, -0.15) is 0 Å². The van der Waals surface area contributed by atoms with E-state index in [2.05, 4.69) is 28.6 Å². The number of carbonyl (C=O) groups is 1. The Hall–Kier alpha value is -3.54. The van der Waals surface area contributed by atoms with Crippen LogP contribution in [0.15, 0.2) is 54.7 Å². The number of rotatable bonds is 4. The molecule has 2 heterocycles. The van der Waals surface area contributed by atoms with E-state index in [1.807, 2.05) is 25.1 Å². The summed E-state index contributed by atoms with van der Waals surface area (Å²) >= 11 is 0. The molecule has 28 heavy (non-hydrogen) atoms. The van der Waals surface area contributed by atoms with Gasteiger partial charge in [-0.05, 0) is 49.7 Å². The maximum absolute atomic E-state index is 12.6. The standard InChI is InChI=1S/C22H21N3O3/c1-14-3-5-18(15(2)11-14)24-17-7-8-23-19(12-17)22(26)25-16-4-6-20-21(13-16)28-10-9-27-20/h3-8,11-13H,9-10H2,1-2H3,(H,23,24)(H,25,26). The van der Waals surface area contributed by atoms with Gasteiger partial charge in [0.05, 0.1) is 0 Å². The number of hydrogen-bond donors (Lipinski definition) is 2. The van der Waals surface area contributed by atoms with Gasteiger partial charge in [-0.25, -0.2) is 0 Å². The number of anilines is 3. The van der Waals surface area contributed by atoms with Crippen molar-refractivity contribution < 1.29 is 14.3 Å². The molecule has 0 radical (unpaired) electrons. The lowest BCUT2D eigenvalue weighted by atomic mass is 10.1. The highest BCUT2D eigenvalue weighted by molar-refractivity contribution is 6.03. The Kier molecular flexibility index (Phi) is 4.85. The number of aryl methyl sites for hydroxylation is 2. The number of benzene rings is 2. The van der Waals surface area contributed by atoms with Crippen LogP contribution in [-0.2, 0) is 0 Å². The van der Waals surface area contributed by atoms with Crippen LogP contribution in [-0.4, -0.2) is 24.1 Å². The Bertz CT molecular complexity index is 1030. The number of hydrogen-bond acceptors (Lipinski definition) is 5. The minimum absolute atomic E-state index is 0.291. The Morgan fingerprint density at radius 1 is 0.929 bits per heavy atom. The average molecular weight is 375 g/mol. The van der Waals surface area contributed by atoms with Crippen LogP contribution in [0, 0.1) is 13.8 Å². The zero-order valence-corrected chi connectivity index (χ0v) is 15.8. The highest BCUT2D eigenvalue weighted by atomic mass is 16.6. The van der Waals surface area contributed by atoms with E-state index in [1.54, 1.807) is 30.5 Å². The molecule has 2 N–H and O–H groups in total. The summed E-state index contributed by atoms with van der Waals surface area (Å²) in [6, 6.07) is 15.1. The predicted octanol–water partition coefficient (Wildman–Crippen LogP) is 4.47. The summed E-state index contributed by atoms with van der Waals surface area (Å²) in [5, 5.41) is 6.20. The van der Waals surface area contributed by atoms with Crippen LogP contribution in [0.1, 0.15) is 21.6 Å². The van der Waals surface area contributed by atoms with E-state index in [-0.39, 0.29) is 5.91 Å². The van der Waals surface area contributed by atoms with Gasteiger partial charge in [-0.1, -0.05) is 17.7 Å². The third kappa shape index (κ3) is 3.91. The minimum atomic E-state index is -0.291. The predicted molar refractivity (Wildman–Crippen MR) is 109 cm³/mol. The van der Waals surface area contributed by atoms with Crippen LogP contribution in [0.5, 0.6) is 11.5 Å². The van der Waals surface area contributed by atoms with Gasteiger partial charge in [0, 0.05) is 29.3 Å². The lowest BCUT2D eigenvalue weighted by molar-refractivity contribution is 0.102. The topological polar surface area (TPSA) is 72.5 Å². The molecule has 0 saturated carbocycles. The van der Waals surface area contributed by atoms with Gasteiger partial charge < -0.3 is 20.1 Å². The molecule has 0 fully saturated rings. The Morgan fingerprint density at radius 3 is 2.57 bits per heavy atom. The van der Waals surface area contributed by atoms with Crippen LogP contribution >= 0.6 is 0 Å². The Morgan fingerprint density at radius 2 is 1.75 bits per heavy atom. The Labute approximate surface area is 163 Å². The van der Waals surface area contributed by atoms with Crippen molar-refractivity contribution in [1.29, 1.82) is 0 Å². The number of pyridine rings is 1. The second-order valence-electron chi connectivity index (χ2n) is 6.69. The molecule has 3 aromatic rings. The number of fused-ring (bicyclic) bond motifs is 1. The summed E-state index contributed by atoms with van der Waals surface area (Å²) in [4.78, 5) is 16.8. The zero-order valence-electron chi connectivity index (χ0n) is 15.8. The molecule has 1 aromatic heterocycles. The molecular weight excluding hydrogens is 354 g/mol. The van der Waals surface area contributed by atoms with E-state index < -0.39 is 0 Å². The van der Waals surface area contributed by atoms with Crippen LogP contribution in [0.4, 0.5) is 17.1 Å². The first-order valence-corrected chi connectivity index (χ1v) is 9.10. The summed E-state index contributed by atoms with van der Waals surface area (Å²) in [7, 11) is 0. The summed E-state index contributed by atoms with van der Waals surface area (Å²) in [5.41, 5.74) is 5.09. The molecule has 0 atom stereocenters. The van der Waals surface area contributed by atoms with Crippen molar-refractivity contribution in [3.8, 4) is 11.5 Å². The van der Waals surface area contributed by atoms with E-state index in [9.17, 15) is 4.79 Å². The van der Waals surface area contributed by atoms with Crippen molar-refractivity contribution in [3.63, 3.8) is 0 Å². The van der Waals surface area contributed by atoms with Gasteiger partial charge in [0.1, 0.15) is 18.9 Å². The number of carbonyl (C=O) groups excluding carboxylic acids is 1. The molecule has 0 bridgehead atoms. The first-order valence-electron chi connectivity index (χ1n) is 9.10. The van der Waals surface area contributed by atoms with Gasteiger partial charge in [0.2, 0.25) is 0 Å². The number of ether oxygens (including phenoxy) is 2. The normalized spacial score (nSPS) is 12.4. The van der Waals surface area contributed by atoms with Crippen molar-refractivity contribution in [1.82, 2.24) is 4.98 Å². The first-order chi connectivity index (χ1) is 13.6. The Balaban J connectivity index is 1.50. The molecule has 0 unspecified atom stereocenters. The monoisotopic (exact) mass is 375 g/mol. The third-order valence-electron chi connectivity index (χ3n) is 4.45. The maximum atomic E-state index is 12.6. The molecule has 6 heteroatoms. The van der Waals surface area contributed by atoms with Crippen LogP contribution in [0.25, 0.3) is 0 Å². The zero-order chi connectivity index (χ0) is 19.5. The molecule has 4 rings (SSSR count). The van der Waals surface area contributed by atoms with E-state index in [1.165, 1.54) is 5.56 Å². The van der Waals surface area contributed by atoms with Crippen LogP contribution in [0.2, 0.25) is 0 Å². The smallest absolute Gasteiger partial charge is 0.274 e. The fourth-order valence-electron chi connectivity index (χ4n) is 3.06. The van der Waals surface area contributed by atoms with Gasteiger partial charge in [0.25, 0.3) is 5.91 Å². The van der Waals surface area contributed by atoms with Crippen molar-refractivity contribution in [3.05, 3.63) is 71.5 Å². The molecule has 2 aromatic carbocycles. The molecule has 1 aliphatic heterocycles. The van der Waals surface area contributed by atoms with Crippen molar-refractivity contribution >= 4 is 23.0 Å².